The second-order valence-electron chi connectivity index (χ2n) is 4.30. The van der Waals surface area contributed by atoms with Gasteiger partial charge in [0.05, 0.1) is 12.4 Å². The minimum atomic E-state index is 0.343. The zero-order valence-corrected chi connectivity index (χ0v) is 9.39. The molecule has 1 aliphatic heterocycles. The topological polar surface area (TPSA) is 39.1 Å². The van der Waals surface area contributed by atoms with Crippen LogP contribution in [0.3, 0.4) is 0 Å². The van der Waals surface area contributed by atoms with Gasteiger partial charge in [-0.25, -0.2) is 4.98 Å². The third-order valence-corrected chi connectivity index (χ3v) is 2.92. The smallest absolute Gasteiger partial charge is 0.0946 e. The summed E-state index contributed by atoms with van der Waals surface area (Å²) in [6.07, 6.45) is 7.12. The number of aromatic nitrogens is 2. The van der Waals surface area contributed by atoms with Crippen LogP contribution >= 0.6 is 0 Å². The van der Waals surface area contributed by atoms with Gasteiger partial charge in [0.2, 0.25) is 0 Å². The quantitative estimate of drug-likeness (QED) is 0.805. The van der Waals surface area contributed by atoms with Crippen LogP contribution in [0.15, 0.2) is 18.7 Å². The van der Waals surface area contributed by atoms with E-state index in [0.717, 1.165) is 19.6 Å². The van der Waals surface area contributed by atoms with Gasteiger partial charge in [-0.3, -0.25) is 0 Å². The molecule has 15 heavy (non-hydrogen) atoms. The molecule has 0 spiro atoms. The van der Waals surface area contributed by atoms with Crippen molar-refractivity contribution in [3.8, 4) is 0 Å². The van der Waals surface area contributed by atoms with Crippen LogP contribution < -0.4 is 5.32 Å². The highest BCUT2D eigenvalue weighted by Crippen LogP contribution is 2.13. The van der Waals surface area contributed by atoms with Crippen molar-refractivity contribution in [1.29, 1.82) is 0 Å². The van der Waals surface area contributed by atoms with Crippen LogP contribution in [0.5, 0.6) is 0 Å². The molecule has 2 rings (SSSR count). The summed E-state index contributed by atoms with van der Waals surface area (Å²) in [5.74, 6) is 0. The van der Waals surface area contributed by atoms with Crippen LogP contribution in [-0.4, -0.2) is 34.3 Å². The van der Waals surface area contributed by atoms with Gasteiger partial charge >= 0.3 is 0 Å². The van der Waals surface area contributed by atoms with E-state index in [-0.39, 0.29) is 0 Å². The van der Waals surface area contributed by atoms with E-state index in [0.29, 0.717) is 18.2 Å². The number of imidazole rings is 1. The van der Waals surface area contributed by atoms with Crippen molar-refractivity contribution in [2.45, 2.75) is 45.0 Å². The molecule has 3 atom stereocenters. The first-order valence-electron chi connectivity index (χ1n) is 5.59. The van der Waals surface area contributed by atoms with E-state index in [9.17, 15) is 0 Å². The van der Waals surface area contributed by atoms with Gasteiger partial charge in [0.25, 0.3) is 0 Å². The van der Waals surface area contributed by atoms with Crippen LogP contribution in [-0.2, 0) is 11.3 Å². The van der Waals surface area contributed by atoms with E-state index in [1.54, 1.807) is 0 Å². The van der Waals surface area contributed by atoms with E-state index < -0.39 is 0 Å². The third-order valence-electron chi connectivity index (χ3n) is 2.92. The standard InChI is InChI=1S/C11H19N3O/c1-9(7-14-5-4-12-8-14)13-11-3-6-15-10(11)2/h4-5,8-11,13H,3,6-7H2,1-2H3. The van der Waals surface area contributed by atoms with Crippen molar-refractivity contribution >= 4 is 0 Å². The molecule has 0 aromatic carbocycles. The first-order valence-corrected chi connectivity index (χ1v) is 5.59. The van der Waals surface area contributed by atoms with Crippen LogP contribution in [0.1, 0.15) is 20.3 Å². The third kappa shape index (κ3) is 2.79. The molecule has 1 saturated heterocycles. The second-order valence-corrected chi connectivity index (χ2v) is 4.30. The highest BCUT2D eigenvalue weighted by atomic mass is 16.5. The lowest BCUT2D eigenvalue weighted by Gasteiger charge is -2.21. The Kier molecular flexibility index (Phi) is 3.38. The summed E-state index contributed by atoms with van der Waals surface area (Å²) in [7, 11) is 0. The Morgan fingerprint density at radius 1 is 1.67 bits per heavy atom. The molecular weight excluding hydrogens is 190 g/mol. The Labute approximate surface area is 90.6 Å². The zero-order valence-electron chi connectivity index (χ0n) is 9.39. The number of hydrogen-bond acceptors (Lipinski definition) is 3. The lowest BCUT2D eigenvalue weighted by atomic mass is 10.1. The Hall–Kier alpha value is -0.870. The summed E-state index contributed by atoms with van der Waals surface area (Å²) in [6.45, 7) is 6.18. The van der Waals surface area contributed by atoms with Gasteiger partial charge in [-0.2, -0.15) is 0 Å². The van der Waals surface area contributed by atoms with Gasteiger partial charge in [0.15, 0.2) is 0 Å². The van der Waals surface area contributed by atoms with Gasteiger partial charge in [-0.1, -0.05) is 0 Å². The van der Waals surface area contributed by atoms with E-state index in [1.807, 2.05) is 18.7 Å². The molecule has 1 aliphatic rings. The largest absolute Gasteiger partial charge is 0.377 e. The molecule has 2 heterocycles. The molecule has 4 heteroatoms. The second kappa shape index (κ2) is 4.77. The summed E-state index contributed by atoms with van der Waals surface area (Å²) in [5.41, 5.74) is 0. The van der Waals surface area contributed by atoms with Crippen molar-refractivity contribution in [2.24, 2.45) is 0 Å². The summed E-state index contributed by atoms with van der Waals surface area (Å²) >= 11 is 0. The summed E-state index contributed by atoms with van der Waals surface area (Å²) < 4.78 is 7.62. The highest BCUT2D eigenvalue weighted by molar-refractivity contribution is 4.83. The van der Waals surface area contributed by atoms with Crippen LogP contribution in [0.4, 0.5) is 0 Å². The molecule has 4 nitrogen and oxygen atoms in total. The van der Waals surface area contributed by atoms with Gasteiger partial charge in [-0.05, 0) is 20.3 Å². The number of nitrogens with one attached hydrogen (secondary N) is 1. The molecule has 84 valence electrons. The number of nitrogens with zero attached hydrogens (tertiary/aromatic N) is 2. The first-order chi connectivity index (χ1) is 7.25. The number of hydrogen-bond donors (Lipinski definition) is 1. The van der Waals surface area contributed by atoms with Crippen LogP contribution in [0.2, 0.25) is 0 Å². The summed E-state index contributed by atoms with van der Waals surface area (Å²) in [6, 6.07) is 0.955. The Balaban J connectivity index is 1.79. The van der Waals surface area contributed by atoms with Gasteiger partial charge in [0, 0.05) is 37.6 Å². The van der Waals surface area contributed by atoms with E-state index in [4.69, 9.17) is 4.74 Å². The van der Waals surface area contributed by atoms with Gasteiger partial charge in [0.1, 0.15) is 0 Å². The minimum Gasteiger partial charge on any atom is -0.377 e. The lowest BCUT2D eigenvalue weighted by molar-refractivity contribution is 0.110. The maximum atomic E-state index is 5.52. The van der Waals surface area contributed by atoms with Crippen LogP contribution in [0.25, 0.3) is 0 Å². The van der Waals surface area contributed by atoms with Crippen molar-refractivity contribution < 1.29 is 4.74 Å². The minimum absolute atomic E-state index is 0.343. The Morgan fingerprint density at radius 3 is 3.13 bits per heavy atom. The fraction of sp³-hybridized carbons (Fsp3) is 0.727. The van der Waals surface area contributed by atoms with Gasteiger partial charge in [-0.15, -0.1) is 0 Å². The molecule has 1 N–H and O–H groups in total. The fourth-order valence-electron chi connectivity index (χ4n) is 2.08. The summed E-state index contributed by atoms with van der Waals surface area (Å²) in [5, 5.41) is 3.59. The molecule has 0 radical (unpaired) electrons. The van der Waals surface area contributed by atoms with Crippen LogP contribution in [0, 0.1) is 0 Å². The molecule has 0 aliphatic carbocycles. The molecule has 0 bridgehead atoms. The van der Waals surface area contributed by atoms with Crippen molar-refractivity contribution in [3.63, 3.8) is 0 Å². The van der Waals surface area contributed by atoms with E-state index in [2.05, 4.69) is 28.7 Å². The maximum Gasteiger partial charge on any atom is 0.0946 e. The monoisotopic (exact) mass is 209 g/mol. The average molecular weight is 209 g/mol. The van der Waals surface area contributed by atoms with Crippen molar-refractivity contribution in [1.82, 2.24) is 14.9 Å². The number of rotatable bonds is 4. The Morgan fingerprint density at radius 2 is 2.53 bits per heavy atom. The highest BCUT2D eigenvalue weighted by Gasteiger charge is 2.24. The summed E-state index contributed by atoms with van der Waals surface area (Å²) in [4.78, 5) is 4.03. The number of ether oxygens (including phenoxy) is 1. The Bertz CT molecular complexity index is 286. The zero-order chi connectivity index (χ0) is 10.7. The molecule has 1 aromatic heterocycles. The molecule has 1 aromatic rings. The molecule has 1 fully saturated rings. The van der Waals surface area contributed by atoms with E-state index >= 15 is 0 Å². The predicted octanol–water partition coefficient (Wildman–Crippen LogP) is 1.04. The molecule has 0 amide bonds. The predicted molar refractivity (Wildman–Crippen MR) is 58.6 cm³/mol. The molecule has 0 saturated carbocycles. The molecule has 3 unspecified atom stereocenters. The van der Waals surface area contributed by atoms with Crippen molar-refractivity contribution in [3.05, 3.63) is 18.7 Å². The van der Waals surface area contributed by atoms with Crippen molar-refractivity contribution in [2.75, 3.05) is 6.61 Å². The first kappa shape index (κ1) is 10.6. The maximum absolute atomic E-state index is 5.52. The molecular formula is C11H19N3O. The van der Waals surface area contributed by atoms with E-state index in [1.165, 1.54) is 0 Å². The lowest BCUT2D eigenvalue weighted by Crippen LogP contribution is -2.42. The SMILES string of the molecule is CC(Cn1ccnc1)NC1CCOC1C. The fourth-order valence-corrected chi connectivity index (χ4v) is 2.08. The normalized spacial score (nSPS) is 28.1. The average Bonchev–Trinajstić information content (AvgIpc) is 2.79. The van der Waals surface area contributed by atoms with Gasteiger partial charge < -0.3 is 14.6 Å².